The molecular weight excluding hydrogens is 498 g/mol. The number of carbonyl (C=O) groups excluding carboxylic acids is 1. The summed E-state index contributed by atoms with van der Waals surface area (Å²) in [5.74, 6) is -1.83. The predicted molar refractivity (Wildman–Crippen MR) is 117 cm³/mol. The van der Waals surface area contributed by atoms with Crippen molar-refractivity contribution >= 4 is 60.1 Å². The zero-order chi connectivity index (χ0) is 21.3. The third-order valence-corrected chi connectivity index (χ3v) is 6.24. The fourth-order valence-corrected chi connectivity index (χ4v) is 4.57. The number of anilines is 1. The van der Waals surface area contributed by atoms with Gasteiger partial charge in [0, 0.05) is 36.0 Å². The number of amides is 1. The van der Waals surface area contributed by atoms with Crippen molar-refractivity contribution in [2.24, 2.45) is 0 Å². The zero-order valence-corrected chi connectivity index (χ0v) is 18.5. The molecule has 0 atom stereocenters. The summed E-state index contributed by atoms with van der Waals surface area (Å²) in [7, 11) is 0. The van der Waals surface area contributed by atoms with E-state index in [1.165, 1.54) is 11.0 Å². The Kier molecular flexibility index (Phi) is 6.12. The molecule has 0 aliphatic rings. The maximum Gasteiger partial charge on any atom is 0.261 e. The highest BCUT2D eigenvalue weighted by Crippen LogP contribution is 2.33. The maximum atomic E-state index is 14.2. The molecule has 0 radical (unpaired) electrons. The van der Waals surface area contributed by atoms with Crippen LogP contribution in [0.15, 0.2) is 53.5 Å². The van der Waals surface area contributed by atoms with Crippen molar-refractivity contribution in [2.45, 2.75) is 13.0 Å². The van der Waals surface area contributed by atoms with Crippen LogP contribution >= 0.6 is 38.9 Å². The molecule has 0 saturated carbocycles. The quantitative estimate of drug-likeness (QED) is 0.323. The molecule has 0 saturated heterocycles. The van der Waals surface area contributed by atoms with Crippen molar-refractivity contribution in [3.05, 3.63) is 75.7 Å². The fourth-order valence-electron chi connectivity index (χ4n) is 2.98. The number of imidazole rings is 1. The first-order valence-electron chi connectivity index (χ1n) is 8.90. The maximum absolute atomic E-state index is 14.2. The highest BCUT2D eigenvalue weighted by molar-refractivity contribution is 9.10. The van der Waals surface area contributed by atoms with Crippen LogP contribution in [0.1, 0.15) is 16.8 Å². The van der Waals surface area contributed by atoms with Crippen molar-refractivity contribution in [1.29, 1.82) is 0 Å². The first kappa shape index (κ1) is 20.9. The van der Waals surface area contributed by atoms with Crippen molar-refractivity contribution in [2.75, 3.05) is 11.4 Å². The first-order valence-corrected chi connectivity index (χ1v) is 10.9. The van der Waals surface area contributed by atoms with Crippen LogP contribution in [-0.2, 0) is 6.54 Å². The number of thiazole rings is 1. The summed E-state index contributed by atoms with van der Waals surface area (Å²) >= 11 is 10.7. The lowest BCUT2D eigenvalue weighted by molar-refractivity contribution is 0.0986. The van der Waals surface area contributed by atoms with E-state index in [-0.39, 0.29) is 16.6 Å². The lowest BCUT2D eigenvalue weighted by atomic mass is 10.2. The molecule has 4 rings (SSSR count). The molecule has 0 bridgehead atoms. The minimum Gasteiger partial charge on any atom is -0.337 e. The van der Waals surface area contributed by atoms with Gasteiger partial charge in [-0.3, -0.25) is 9.69 Å². The van der Waals surface area contributed by atoms with E-state index in [9.17, 15) is 13.6 Å². The Morgan fingerprint density at radius 1 is 1.27 bits per heavy atom. The lowest BCUT2D eigenvalue weighted by Crippen LogP contribution is -2.32. The molecule has 2 heterocycles. The molecule has 30 heavy (non-hydrogen) atoms. The highest BCUT2D eigenvalue weighted by Gasteiger charge is 2.24. The SMILES string of the molecule is O=C(c1cc(Br)ccc1Cl)N(CCCn1ccnc1)c1nc2c(F)cc(F)cc2s1. The summed E-state index contributed by atoms with van der Waals surface area (Å²) in [5, 5.41) is 0.572. The van der Waals surface area contributed by atoms with Gasteiger partial charge in [-0.1, -0.05) is 38.9 Å². The topological polar surface area (TPSA) is 51.0 Å². The second-order valence-electron chi connectivity index (χ2n) is 6.47. The number of halogens is 4. The molecule has 0 N–H and O–H groups in total. The summed E-state index contributed by atoms with van der Waals surface area (Å²) in [4.78, 5) is 23.1. The molecule has 5 nitrogen and oxygen atoms in total. The Morgan fingerprint density at radius 3 is 2.87 bits per heavy atom. The summed E-state index contributed by atoms with van der Waals surface area (Å²) in [6.07, 6.45) is 5.79. The second kappa shape index (κ2) is 8.79. The van der Waals surface area contributed by atoms with Crippen LogP contribution in [0, 0.1) is 11.6 Å². The van der Waals surface area contributed by atoms with Gasteiger partial charge in [-0.25, -0.2) is 18.7 Å². The van der Waals surface area contributed by atoms with E-state index in [1.807, 2.05) is 10.8 Å². The van der Waals surface area contributed by atoms with Crippen LogP contribution in [0.2, 0.25) is 5.02 Å². The number of rotatable bonds is 6. The van der Waals surface area contributed by atoms with E-state index in [4.69, 9.17) is 11.6 Å². The van der Waals surface area contributed by atoms with Gasteiger partial charge in [-0.2, -0.15) is 0 Å². The van der Waals surface area contributed by atoms with Gasteiger partial charge in [-0.05, 0) is 30.7 Å². The molecule has 4 aromatic rings. The van der Waals surface area contributed by atoms with Gasteiger partial charge in [0.15, 0.2) is 10.9 Å². The van der Waals surface area contributed by atoms with Crippen molar-refractivity contribution in [3.8, 4) is 0 Å². The molecule has 1 amide bonds. The molecule has 0 fully saturated rings. The number of carbonyl (C=O) groups is 1. The Morgan fingerprint density at radius 2 is 2.10 bits per heavy atom. The van der Waals surface area contributed by atoms with Crippen molar-refractivity contribution < 1.29 is 13.6 Å². The number of fused-ring (bicyclic) bond motifs is 1. The highest BCUT2D eigenvalue weighted by atomic mass is 79.9. The molecule has 0 spiro atoms. The molecule has 0 aliphatic carbocycles. The minimum absolute atomic E-state index is 0.0316. The first-order chi connectivity index (χ1) is 14.4. The number of nitrogens with zero attached hydrogens (tertiary/aromatic N) is 4. The van der Waals surface area contributed by atoms with E-state index < -0.39 is 11.6 Å². The largest absolute Gasteiger partial charge is 0.337 e. The lowest BCUT2D eigenvalue weighted by Gasteiger charge is -2.21. The van der Waals surface area contributed by atoms with Gasteiger partial charge in [0.05, 0.1) is 21.6 Å². The van der Waals surface area contributed by atoms with Crippen LogP contribution < -0.4 is 4.90 Å². The van der Waals surface area contributed by atoms with E-state index in [1.54, 1.807) is 30.7 Å². The van der Waals surface area contributed by atoms with Crippen LogP contribution in [0.4, 0.5) is 13.9 Å². The van der Waals surface area contributed by atoms with Gasteiger partial charge in [0.1, 0.15) is 11.3 Å². The Hall–Kier alpha value is -2.36. The van der Waals surface area contributed by atoms with Gasteiger partial charge < -0.3 is 4.57 Å². The summed E-state index contributed by atoms with van der Waals surface area (Å²) in [6, 6.07) is 6.97. The van der Waals surface area contributed by atoms with E-state index >= 15 is 0 Å². The molecule has 0 unspecified atom stereocenters. The van der Waals surface area contributed by atoms with Crippen LogP contribution in [0.3, 0.4) is 0 Å². The van der Waals surface area contributed by atoms with Gasteiger partial charge in [0.2, 0.25) is 0 Å². The number of aryl methyl sites for hydroxylation is 1. The van der Waals surface area contributed by atoms with Crippen LogP contribution in [-0.4, -0.2) is 27.0 Å². The number of benzene rings is 2. The number of hydrogen-bond acceptors (Lipinski definition) is 4. The second-order valence-corrected chi connectivity index (χ2v) is 8.80. The van der Waals surface area contributed by atoms with Crippen molar-refractivity contribution in [1.82, 2.24) is 14.5 Å². The van der Waals surface area contributed by atoms with Gasteiger partial charge in [-0.15, -0.1) is 0 Å². The summed E-state index contributed by atoms with van der Waals surface area (Å²) in [6.45, 7) is 0.938. The summed E-state index contributed by atoms with van der Waals surface area (Å²) < 4.78 is 30.7. The molecule has 154 valence electrons. The Labute approximate surface area is 188 Å². The van der Waals surface area contributed by atoms with Gasteiger partial charge >= 0.3 is 0 Å². The standard InChI is InChI=1S/C20H14BrClF2N4OS/c21-12-2-3-15(22)14(8-12)19(29)28(6-1-5-27-7-4-25-11-27)20-26-18-16(24)9-13(23)10-17(18)30-20/h2-4,7-11H,1,5-6H2. The third-order valence-electron chi connectivity index (χ3n) is 4.39. The third kappa shape index (κ3) is 4.38. The molecule has 10 heteroatoms. The summed E-state index contributed by atoms with van der Waals surface area (Å²) in [5.41, 5.74) is 0.323. The van der Waals surface area contributed by atoms with E-state index in [0.29, 0.717) is 39.3 Å². The zero-order valence-electron chi connectivity index (χ0n) is 15.4. The Bertz CT molecular complexity index is 1220. The number of aromatic nitrogens is 3. The fraction of sp³-hybridized carbons (Fsp3) is 0.150. The monoisotopic (exact) mass is 510 g/mol. The average molecular weight is 512 g/mol. The van der Waals surface area contributed by atoms with Gasteiger partial charge in [0.25, 0.3) is 5.91 Å². The van der Waals surface area contributed by atoms with E-state index in [2.05, 4.69) is 25.9 Å². The predicted octanol–water partition coefficient (Wildman–Crippen LogP) is 5.92. The smallest absolute Gasteiger partial charge is 0.261 e. The normalized spacial score (nSPS) is 11.2. The average Bonchev–Trinajstić information content (AvgIpc) is 3.36. The minimum atomic E-state index is -0.765. The molecule has 0 aliphatic heterocycles. The molecule has 2 aromatic carbocycles. The van der Waals surface area contributed by atoms with Crippen LogP contribution in [0.25, 0.3) is 10.2 Å². The molecular formula is C20H14BrClF2N4OS. The van der Waals surface area contributed by atoms with Crippen molar-refractivity contribution in [3.63, 3.8) is 0 Å². The van der Waals surface area contributed by atoms with E-state index in [0.717, 1.165) is 17.4 Å². The van der Waals surface area contributed by atoms with Crippen LogP contribution in [0.5, 0.6) is 0 Å². The Balaban J connectivity index is 1.70. The molecule has 2 aromatic heterocycles. The number of hydrogen-bond donors (Lipinski definition) is 0.